The molecule has 4 rings (SSSR count). The fourth-order valence-electron chi connectivity index (χ4n) is 3.56. The van der Waals surface area contributed by atoms with Gasteiger partial charge in [0.2, 0.25) is 0 Å². The third-order valence-corrected chi connectivity index (χ3v) is 6.38. The smallest absolute Gasteiger partial charge is 0.192 e. The summed E-state index contributed by atoms with van der Waals surface area (Å²) in [5.74, 6) is 2.50. The Labute approximate surface area is 210 Å². The summed E-state index contributed by atoms with van der Waals surface area (Å²) in [4.78, 5) is 6.17. The molecule has 1 unspecified atom stereocenters. The average molecular weight is 561 g/mol. The molecule has 32 heavy (non-hydrogen) atoms. The van der Waals surface area contributed by atoms with Gasteiger partial charge in [0.15, 0.2) is 11.8 Å². The highest BCUT2D eigenvalue weighted by Gasteiger charge is 2.12. The van der Waals surface area contributed by atoms with Gasteiger partial charge in [0, 0.05) is 18.5 Å². The van der Waals surface area contributed by atoms with Crippen LogP contribution in [0.3, 0.4) is 0 Å². The average Bonchev–Trinajstić information content (AvgIpc) is 3.42. The molecule has 0 saturated carbocycles. The monoisotopic (exact) mass is 560 g/mol. The summed E-state index contributed by atoms with van der Waals surface area (Å²) in [5, 5.41) is 20.1. The lowest BCUT2D eigenvalue weighted by Crippen LogP contribution is -2.39. The number of nitrogens with one attached hydrogen (secondary N) is 2. The predicted molar refractivity (Wildman–Crippen MR) is 144 cm³/mol. The summed E-state index contributed by atoms with van der Waals surface area (Å²) >= 11 is 1.78. The molecule has 2 aromatic carbocycles. The van der Waals surface area contributed by atoms with Crippen molar-refractivity contribution in [2.24, 2.45) is 12.0 Å². The van der Waals surface area contributed by atoms with Crippen molar-refractivity contribution in [3.8, 4) is 0 Å². The van der Waals surface area contributed by atoms with Gasteiger partial charge in [-0.25, -0.2) is 4.99 Å². The molecule has 0 amide bonds. The van der Waals surface area contributed by atoms with E-state index in [1.165, 1.54) is 21.2 Å². The Morgan fingerprint density at radius 3 is 2.66 bits per heavy atom. The first-order chi connectivity index (χ1) is 15.1. The molecule has 1 atom stereocenters. The number of halogens is 1. The summed E-state index contributed by atoms with van der Waals surface area (Å²) < 4.78 is 1.97. The van der Waals surface area contributed by atoms with E-state index in [1.54, 1.807) is 11.3 Å². The van der Waals surface area contributed by atoms with E-state index >= 15 is 0 Å². The number of fused-ring (bicyclic) bond motifs is 1. The van der Waals surface area contributed by atoms with E-state index in [1.807, 2.05) is 18.5 Å². The Balaban J connectivity index is 0.00000289. The van der Waals surface area contributed by atoms with E-state index in [-0.39, 0.29) is 30.0 Å². The zero-order valence-electron chi connectivity index (χ0n) is 18.6. The molecule has 2 heterocycles. The molecule has 0 aliphatic carbocycles. The maximum Gasteiger partial charge on any atom is 0.192 e. The Hall–Kier alpha value is -2.46. The first kappa shape index (κ1) is 24.2. The van der Waals surface area contributed by atoms with Gasteiger partial charge in [-0.15, -0.1) is 45.5 Å². The summed E-state index contributed by atoms with van der Waals surface area (Å²) in [6.07, 6.45) is 0.962. The number of rotatable bonds is 7. The van der Waals surface area contributed by atoms with Crippen LogP contribution in [0.5, 0.6) is 0 Å². The number of benzene rings is 2. The molecule has 0 bridgehead atoms. The van der Waals surface area contributed by atoms with Gasteiger partial charge in [0.1, 0.15) is 12.4 Å². The van der Waals surface area contributed by atoms with E-state index in [4.69, 9.17) is 4.99 Å². The quantitative estimate of drug-likeness (QED) is 0.190. The molecule has 168 valence electrons. The van der Waals surface area contributed by atoms with Crippen LogP contribution in [0.1, 0.15) is 35.1 Å². The minimum atomic E-state index is 0. The molecule has 6 nitrogen and oxygen atoms in total. The molecule has 0 aliphatic heterocycles. The van der Waals surface area contributed by atoms with Gasteiger partial charge in [-0.3, -0.25) is 0 Å². The van der Waals surface area contributed by atoms with Crippen LogP contribution >= 0.6 is 35.3 Å². The Morgan fingerprint density at radius 1 is 1.09 bits per heavy atom. The lowest BCUT2D eigenvalue weighted by Gasteiger charge is -2.20. The van der Waals surface area contributed by atoms with Crippen LogP contribution in [0.4, 0.5) is 0 Å². The summed E-state index contributed by atoms with van der Waals surface area (Å²) in [6, 6.07) is 19.3. The second-order valence-electron chi connectivity index (χ2n) is 7.58. The van der Waals surface area contributed by atoms with Crippen molar-refractivity contribution in [3.63, 3.8) is 0 Å². The van der Waals surface area contributed by atoms with Crippen LogP contribution in [-0.4, -0.2) is 27.3 Å². The Morgan fingerprint density at radius 2 is 1.91 bits per heavy atom. The molecule has 2 aromatic heterocycles. The van der Waals surface area contributed by atoms with E-state index in [0.717, 1.165) is 30.6 Å². The molecule has 0 fully saturated rings. The second kappa shape index (κ2) is 11.4. The highest BCUT2D eigenvalue weighted by atomic mass is 127. The van der Waals surface area contributed by atoms with Crippen LogP contribution in [0.15, 0.2) is 65.0 Å². The fourth-order valence-corrected chi connectivity index (χ4v) is 4.27. The van der Waals surface area contributed by atoms with Crippen LogP contribution in [0.2, 0.25) is 0 Å². The predicted octanol–water partition coefficient (Wildman–Crippen LogP) is 5.00. The largest absolute Gasteiger partial charge is 0.356 e. The zero-order valence-corrected chi connectivity index (χ0v) is 21.7. The van der Waals surface area contributed by atoms with Gasteiger partial charge in [-0.2, -0.15) is 0 Å². The number of thiophene rings is 1. The third kappa shape index (κ3) is 5.86. The van der Waals surface area contributed by atoms with Crippen LogP contribution in [-0.2, 0) is 20.0 Å². The molecule has 8 heteroatoms. The van der Waals surface area contributed by atoms with E-state index < -0.39 is 0 Å². The molecule has 0 aliphatic rings. The van der Waals surface area contributed by atoms with Gasteiger partial charge in [-0.1, -0.05) is 48.5 Å². The van der Waals surface area contributed by atoms with Crippen molar-refractivity contribution in [3.05, 3.63) is 82.1 Å². The Kier molecular flexibility index (Phi) is 8.63. The van der Waals surface area contributed by atoms with E-state index in [2.05, 4.69) is 87.7 Å². The maximum atomic E-state index is 4.81. The number of aliphatic imine (C=N–C) groups is 1. The number of aromatic nitrogens is 3. The van der Waals surface area contributed by atoms with Crippen LogP contribution in [0.25, 0.3) is 10.8 Å². The van der Waals surface area contributed by atoms with Crippen molar-refractivity contribution in [1.29, 1.82) is 0 Å². The maximum absolute atomic E-state index is 4.81. The van der Waals surface area contributed by atoms with Gasteiger partial charge in [-0.05, 0) is 48.1 Å². The van der Waals surface area contributed by atoms with E-state index in [9.17, 15) is 0 Å². The summed E-state index contributed by atoms with van der Waals surface area (Å²) in [6.45, 7) is 5.40. The number of nitrogens with zero attached hydrogens (tertiary/aromatic N) is 4. The molecule has 0 radical (unpaired) electrons. The summed E-state index contributed by atoms with van der Waals surface area (Å²) in [5.41, 5.74) is 1.25. The van der Waals surface area contributed by atoms with Crippen molar-refractivity contribution in [1.82, 2.24) is 25.4 Å². The number of aryl methyl sites for hydroxylation is 1. The van der Waals surface area contributed by atoms with Crippen molar-refractivity contribution in [2.45, 2.75) is 32.9 Å². The van der Waals surface area contributed by atoms with Gasteiger partial charge in [0.05, 0.1) is 6.04 Å². The van der Waals surface area contributed by atoms with Crippen molar-refractivity contribution < 1.29 is 0 Å². The topological polar surface area (TPSA) is 67.1 Å². The molecule has 0 saturated heterocycles. The van der Waals surface area contributed by atoms with Crippen molar-refractivity contribution >= 4 is 52.0 Å². The van der Waals surface area contributed by atoms with Gasteiger partial charge < -0.3 is 15.2 Å². The van der Waals surface area contributed by atoms with Gasteiger partial charge >= 0.3 is 0 Å². The minimum Gasteiger partial charge on any atom is -0.356 e. The van der Waals surface area contributed by atoms with E-state index in [0.29, 0.717) is 6.54 Å². The standard InChI is InChI=1S/C24H28N6S.HI/c1-17(21-12-6-9-19-8-4-5-11-22(19)21)27-24(25-14-13-20-10-7-15-31-20)26-16-23-29-28-18(2)30(23)3;/h4-12,15,17H,13-14,16H2,1-3H3,(H2,25,26,27);1H. The minimum absolute atomic E-state index is 0. The normalized spacial score (nSPS) is 12.4. The van der Waals surface area contributed by atoms with Crippen molar-refractivity contribution in [2.75, 3.05) is 6.54 Å². The summed E-state index contributed by atoms with van der Waals surface area (Å²) in [7, 11) is 1.97. The lowest BCUT2D eigenvalue weighted by atomic mass is 10.00. The zero-order chi connectivity index (χ0) is 21.6. The highest BCUT2D eigenvalue weighted by Crippen LogP contribution is 2.24. The molecule has 4 aromatic rings. The Bertz CT molecular complexity index is 1160. The van der Waals surface area contributed by atoms with Crippen LogP contribution in [0, 0.1) is 6.92 Å². The molecule has 2 N–H and O–H groups in total. The first-order valence-electron chi connectivity index (χ1n) is 10.5. The number of guanidine groups is 1. The second-order valence-corrected chi connectivity index (χ2v) is 8.61. The molecular weight excluding hydrogens is 531 g/mol. The fraction of sp³-hybridized carbons (Fsp3) is 0.292. The number of hydrogen-bond donors (Lipinski definition) is 2. The highest BCUT2D eigenvalue weighted by molar-refractivity contribution is 14.0. The SMILES string of the molecule is Cc1nnc(CN=C(NCCc2cccs2)NC(C)c2cccc3ccccc23)n1C.I. The van der Waals surface area contributed by atoms with Gasteiger partial charge in [0.25, 0.3) is 0 Å². The number of hydrogen-bond acceptors (Lipinski definition) is 4. The molecule has 0 spiro atoms. The first-order valence-corrected chi connectivity index (χ1v) is 11.4. The van der Waals surface area contributed by atoms with Crippen LogP contribution < -0.4 is 10.6 Å². The molecular formula is C24H29IN6S. The third-order valence-electron chi connectivity index (χ3n) is 5.45. The lowest BCUT2D eigenvalue weighted by molar-refractivity contribution is 0.680.